The highest BCUT2D eigenvalue weighted by Gasteiger charge is 2.20. The van der Waals surface area contributed by atoms with Crippen molar-refractivity contribution >= 4 is 17.5 Å². The van der Waals surface area contributed by atoms with Gasteiger partial charge in [-0.15, -0.1) is 0 Å². The molecule has 2 aliphatic rings. The van der Waals surface area contributed by atoms with Crippen molar-refractivity contribution in [1.29, 1.82) is 0 Å². The maximum absolute atomic E-state index is 12.5. The molecule has 0 atom stereocenters. The first kappa shape index (κ1) is 18.5. The van der Waals surface area contributed by atoms with E-state index in [1.54, 1.807) is 0 Å². The molecule has 1 saturated carbocycles. The Morgan fingerprint density at radius 3 is 2.36 bits per heavy atom. The second kappa shape index (κ2) is 8.46. The van der Waals surface area contributed by atoms with Gasteiger partial charge in [-0.05, 0) is 74.1 Å². The molecule has 5 heteroatoms. The number of carbonyl (C=O) groups excluding carboxylic acids is 2. The van der Waals surface area contributed by atoms with E-state index in [9.17, 15) is 9.59 Å². The summed E-state index contributed by atoms with van der Waals surface area (Å²) < 4.78 is 5.95. The van der Waals surface area contributed by atoms with E-state index in [1.807, 2.05) is 53.4 Å². The highest BCUT2D eigenvalue weighted by Crippen LogP contribution is 2.25. The van der Waals surface area contributed by atoms with Crippen LogP contribution < -0.4 is 10.1 Å². The lowest BCUT2D eigenvalue weighted by Gasteiger charge is -2.15. The van der Waals surface area contributed by atoms with Crippen LogP contribution in [0, 0.1) is 0 Å². The standard InChI is InChI=1S/C23H26N2O3/c26-22-6-3-15-25(22)16-17-7-9-18(10-8-17)23(27)24-19-11-13-21(14-12-19)28-20-4-1-2-5-20/h7-14,20H,1-6,15-16H2,(H,24,27). The maximum atomic E-state index is 12.5. The van der Waals surface area contributed by atoms with Gasteiger partial charge in [-0.1, -0.05) is 12.1 Å². The van der Waals surface area contributed by atoms with Crippen LogP contribution in [-0.2, 0) is 11.3 Å². The van der Waals surface area contributed by atoms with Gasteiger partial charge in [0, 0.05) is 30.8 Å². The second-order valence-corrected chi connectivity index (χ2v) is 7.62. The third kappa shape index (κ3) is 4.53. The third-order valence-corrected chi connectivity index (χ3v) is 5.48. The molecule has 2 fully saturated rings. The Labute approximate surface area is 165 Å². The molecule has 28 heavy (non-hydrogen) atoms. The predicted octanol–water partition coefficient (Wildman–Crippen LogP) is 4.38. The zero-order chi connectivity index (χ0) is 19.3. The van der Waals surface area contributed by atoms with Crippen molar-refractivity contribution in [3.8, 4) is 5.75 Å². The molecule has 1 heterocycles. The lowest BCUT2D eigenvalue weighted by atomic mass is 10.1. The largest absolute Gasteiger partial charge is 0.490 e. The summed E-state index contributed by atoms with van der Waals surface area (Å²) >= 11 is 0. The minimum absolute atomic E-state index is 0.145. The number of likely N-dealkylation sites (tertiary alicyclic amines) is 1. The number of rotatable bonds is 6. The van der Waals surface area contributed by atoms with Crippen molar-refractivity contribution in [2.45, 2.75) is 51.2 Å². The Morgan fingerprint density at radius 2 is 1.71 bits per heavy atom. The van der Waals surface area contributed by atoms with Crippen LogP contribution in [0.2, 0.25) is 0 Å². The van der Waals surface area contributed by atoms with E-state index in [-0.39, 0.29) is 11.8 Å². The summed E-state index contributed by atoms with van der Waals surface area (Å²) in [5.74, 6) is 0.918. The second-order valence-electron chi connectivity index (χ2n) is 7.62. The summed E-state index contributed by atoms with van der Waals surface area (Å²) in [7, 11) is 0. The maximum Gasteiger partial charge on any atom is 0.255 e. The zero-order valence-corrected chi connectivity index (χ0v) is 16.0. The lowest BCUT2D eigenvalue weighted by Crippen LogP contribution is -2.23. The molecule has 0 unspecified atom stereocenters. The summed E-state index contributed by atoms with van der Waals surface area (Å²) in [6.07, 6.45) is 6.64. The van der Waals surface area contributed by atoms with Gasteiger partial charge < -0.3 is 15.0 Å². The molecular formula is C23H26N2O3. The van der Waals surface area contributed by atoms with Crippen LogP contribution >= 0.6 is 0 Å². The molecular weight excluding hydrogens is 352 g/mol. The molecule has 2 aromatic rings. The Kier molecular flexibility index (Phi) is 5.60. The van der Waals surface area contributed by atoms with E-state index >= 15 is 0 Å². The average molecular weight is 378 g/mol. The zero-order valence-electron chi connectivity index (χ0n) is 16.0. The van der Waals surface area contributed by atoms with E-state index in [1.165, 1.54) is 12.8 Å². The van der Waals surface area contributed by atoms with Crippen molar-refractivity contribution in [1.82, 2.24) is 4.90 Å². The van der Waals surface area contributed by atoms with Gasteiger partial charge in [0.1, 0.15) is 5.75 Å². The van der Waals surface area contributed by atoms with Crippen LogP contribution in [0.25, 0.3) is 0 Å². The van der Waals surface area contributed by atoms with Gasteiger partial charge >= 0.3 is 0 Å². The minimum atomic E-state index is -0.145. The molecule has 1 saturated heterocycles. The van der Waals surface area contributed by atoms with Gasteiger partial charge in [-0.3, -0.25) is 9.59 Å². The molecule has 5 nitrogen and oxygen atoms in total. The molecule has 2 amide bonds. The average Bonchev–Trinajstić information content (AvgIpc) is 3.36. The van der Waals surface area contributed by atoms with Gasteiger partial charge in [0.05, 0.1) is 6.10 Å². The summed E-state index contributed by atoms with van der Waals surface area (Å²) in [6.45, 7) is 1.44. The van der Waals surface area contributed by atoms with E-state index < -0.39 is 0 Å². The highest BCUT2D eigenvalue weighted by molar-refractivity contribution is 6.04. The normalized spacial score (nSPS) is 17.1. The Bertz CT molecular complexity index is 824. The molecule has 146 valence electrons. The monoisotopic (exact) mass is 378 g/mol. The topological polar surface area (TPSA) is 58.6 Å². The molecule has 1 N–H and O–H groups in total. The molecule has 0 spiro atoms. The van der Waals surface area contributed by atoms with Crippen molar-refractivity contribution in [2.75, 3.05) is 11.9 Å². The summed E-state index contributed by atoms with van der Waals surface area (Å²) in [5.41, 5.74) is 2.39. The first-order valence-electron chi connectivity index (χ1n) is 10.1. The van der Waals surface area contributed by atoms with E-state index in [0.717, 1.165) is 42.8 Å². The van der Waals surface area contributed by atoms with E-state index in [0.29, 0.717) is 24.6 Å². The SMILES string of the molecule is O=C(Nc1ccc(OC2CCCC2)cc1)c1ccc(CN2CCCC2=O)cc1. The van der Waals surface area contributed by atoms with E-state index in [4.69, 9.17) is 4.74 Å². The fourth-order valence-electron chi connectivity index (χ4n) is 3.87. The van der Waals surface area contributed by atoms with Crippen molar-refractivity contribution in [3.63, 3.8) is 0 Å². The van der Waals surface area contributed by atoms with Crippen LogP contribution in [0.15, 0.2) is 48.5 Å². The van der Waals surface area contributed by atoms with Crippen LogP contribution in [0.5, 0.6) is 5.75 Å². The molecule has 0 radical (unpaired) electrons. The van der Waals surface area contributed by atoms with Gasteiger partial charge in [-0.25, -0.2) is 0 Å². The quantitative estimate of drug-likeness (QED) is 0.811. The van der Waals surface area contributed by atoms with E-state index in [2.05, 4.69) is 5.32 Å². The fraction of sp³-hybridized carbons (Fsp3) is 0.391. The van der Waals surface area contributed by atoms with Crippen LogP contribution in [0.1, 0.15) is 54.4 Å². The number of anilines is 1. The molecule has 4 rings (SSSR count). The number of amides is 2. The summed E-state index contributed by atoms with van der Waals surface area (Å²) in [4.78, 5) is 26.1. The Morgan fingerprint density at radius 1 is 1.00 bits per heavy atom. The number of benzene rings is 2. The number of ether oxygens (including phenoxy) is 1. The number of hydrogen-bond donors (Lipinski definition) is 1. The minimum Gasteiger partial charge on any atom is -0.490 e. The van der Waals surface area contributed by atoms with Gasteiger partial charge in [-0.2, -0.15) is 0 Å². The smallest absolute Gasteiger partial charge is 0.255 e. The number of carbonyl (C=O) groups is 2. The van der Waals surface area contributed by atoms with Crippen LogP contribution in [0.4, 0.5) is 5.69 Å². The Balaban J connectivity index is 1.32. The molecule has 1 aliphatic heterocycles. The fourth-order valence-corrected chi connectivity index (χ4v) is 3.87. The van der Waals surface area contributed by atoms with Crippen molar-refractivity contribution in [3.05, 3.63) is 59.7 Å². The van der Waals surface area contributed by atoms with Crippen LogP contribution in [-0.4, -0.2) is 29.4 Å². The van der Waals surface area contributed by atoms with Crippen molar-refractivity contribution in [2.24, 2.45) is 0 Å². The van der Waals surface area contributed by atoms with Gasteiger partial charge in [0.15, 0.2) is 0 Å². The number of hydrogen-bond acceptors (Lipinski definition) is 3. The first-order valence-corrected chi connectivity index (χ1v) is 10.1. The first-order chi connectivity index (χ1) is 13.7. The lowest BCUT2D eigenvalue weighted by molar-refractivity contribution is -0.128. The molecule has 0 bridgehead atoms. The predicted molar refractivity (Wildman–Crippen MR) is 108 cm³/mol. The summed E-state index contributed by atoms with van der Waals surface area (Å²) in [6, 6.07) is 15.0. The highest BCUT2D eigenvalue weighted by atomic mass is 16.5. The third-order valence-electron chi connectivity index (χ3n) is 5.48. The van der Waals surface area contributed by atoms with Crippen LogP contribution in [0.3, 0.4) is 0 Å². The van der Waals surface area contributed by atoms with Gasteiger partial charge in [0.2, 0.25) is 5.91 Å². The molecule has 1 aliphatic carbocycles. The summed E-state index contributed by atoms with van der Waals surface area (Å²) in [5, 5.41) is 2.92. The van der Waals surface area contributed by atoms with Gasteiger partial charge in [0.25, 0.3) is 5.91 Å². The molecule has 2 aromatic carbocycles. The Hall–Kier alpha value is -2.82. The number of nitrogens with one attached hydrogen (secondary N) is 1. The van der Waals surface area contributed by atoms with Crippen molar-refractivity contribution < 1.29 is 14.3 Å². The number of nitrogens with zero attached hydrogens (tertiary/aromatic N) is 1. The molecule has 0 aromatic heterocycles.